The molecule has 20 heavy (non-hydrogen) atoms. The summed E-state index contributed by atoms with van der Waals surface area (Å²) in [6.07, 6.45) is 2.10. The van der Waals surface area contributed by atoms with Gasteiger partial charge in [-0.3, -0.25) is 0 Å². The zero-order valence-corrected chi connectivity index (χ0v) is 13.9. The highest BCUT2D eigenvalue weighted by molar-refractivity contribution is 5.25. The third-order valence-corrected chi connectivity index (χ3v) is 2.71. The zero-order valence-electron chi connectivity index (χ0n) is 13.9. The van der Waals surface area contributed by atoms with Crippen molar-refractivity contribution in [1.29, 1.82) is 0 Å². The number of hydrogen-bond donors (Lipinski definition) is 1. The van der Waals surface area contributed by atoms with E-state index in [9.17, 15) is 0 Å². The van der Waals surface area contributed by atoms with Crippen LogP contribution < -0.4 is 10.1 Å². The van der Waals surface area contributed by atoms with Gasteiger partial charge in [0.05, 0.1) is 0 Å². The molecule has 0 aliphatic heterocycles. The molecule has 1 aromatic heterocycles. The molecule has 0 atom stereocenters. The van der Waals surface area contributed by atoms with Gasteiger partial charge in [0, 0.05) is 18.3 Å². The second-order valence-electron chi connectivity index (χ2n) is 6.79. The lowest BCUT2D eigenvalue weighted by Crippen LogP contribution is -2.24. The Hall–Kier alpha value is -1.09. The molecular formula is C17H30N2O. The molecule has 0 aliphatic carbocycles. The van der Waals surface area contributed by atoms with E-state index in [0.29, 0.717) is 5.92 Å². The molecular weight excluding hydrogens is 248 g/mol. The fraction of sp³-hybridized carbons (Fsp3) is 0.706. The van der Waals surface area contributed by atoms with Crippen molar-refractivity contribution in [3.63, 3.8) is 0 Å². The first-order valence-corrected chi connectivity index (χ1v) is 7.69. The first-order valence-electron chi connectivity index (χ1n) is 7.69. The molecule has 114 valence electrons. The molecule has 0 unspecified atom stereocenters. The number of nitrogens with zero attached hydrogens (tertiary/aromatic N) is 1. The van der Waals surface area contributed by atoms with Crippen molar-refractivity contribution in [3.8, 4) is 5.88 Å². The number of pyridine rings is 1. The molecule has 0 fully saturated rings. The summed E-state index contributed by atoms with van der Waals surface area (Å²) in [5.74, 6) is 1.40. The molecule has 1 N–H and O–H groups in total. The van der Waals surface area contributed by atoms with Gasteiger partial charge in [-0.1, -0.05) is 27.2 Å². The standard InChI is InChI=1S/C17H30N2O/c1-7-8-15-9-14(12-18-11-13(2)3)10-16(19-15)20-17(4,5)6/h9-10,13,18H,7-8,11-12H2,1-6H3. The average molecular weight is 278 g/mol. The van der Waals surface area contributed by atoms with Crippen LogP contribution in [0.2, 0.25) is 0 Å². The van der Waals surface area contributed by atoms with Crippen molar-refractivity contribution in [2.75, 3.05) is 6.54 Å². The van der Waals surface area contributed by atoms with E-state index >= 15 is 0 Å². The van der Waals surface area contributed by atoms with Crippen LogP contribution in [0.3, 0.4) is 0 Å². The molecule has 0 saturated heterocycles. The van der Waals surface area contributed by atoms with Gasteiger partial charge in [0.15, 0.2) is 0 Å². The lowest BCUT2D eigenvalue weighted by Gasteiger charge is -2.21. The maximum atomic E-state index is 5.92. The number of rotatable bonds is 7. The molecule has 1 rings (SSSR count). The van der Waals surface area contributed by atoms with Crippen molar-refractivity contribution in [1.82, 2.24) is 10.3 Å². The van der Waals surface area contributed by atoms with Gasteiger partial charge in [0.25, 0.3) is 0 Å². The molecule has 0 amide bonds. The predicted molar refractivity (Wildman–Crippen MR) is 85.2 cm³/mol. The Labute approximate surface area is 124 Å². The number of ether oxygens (including phenoxy) is 1. The van der Waals surface area contributed by atoms with Crippen LogP contribution in [-0.2, 0) is 13.0 Å². The summed E-state index contributed by atoms with van der Waals surface area (Å²) in [7, 11) is 0. The molecule has 1 heterocycles. The lowest BCUT2D eigenvalue weighted by atomic mass is 10.1. The van der Waals surface area contributed by atoms with Crippen LogP contribution in [0.25, 0.3) is 0 Å². The summed E-state index contributed by atoms with van der Waals surface area (Å²) < 4.78 is 5.92. The van der Waals surface area contributed by atoms with E-state index in [1.54, 1.807) is 0 Å². The Morgan fingerprint density at radius 1 is 1.25 bits per heavy atom. The summed E-state index contributed by atoms with van der Waals surface area (Å²) in [6, 6.07) is 4.24. The maximum absolute atomic E-state index is 5.92. The minimum absolute atomic E-state index is 0.208. The molecule has 0 bridgehead atoms. The average Bonchev–Trinajstić information content (AvgIpc) is 2.26. The number of nitrogens with one attached hydrogen (secondary N) is 1. The van der Waals surface area contributed by atoms with Crippen molar-refractivity contribution >= 4 is 0 Å². The van der Waals surface area contributed by atoms with Gasteiger partial charge < -0.3 is 10.1 Å². The molecule has 0 aromatic carbocycles. The molecule has 0 saturated carbocycles. The minimum Gasteiger partial charge on any atom is -0.472 e. The Kier molecular flexibility index (Phi) is 6.47. The van der Waals surface area contributed by atoms with Crippen LogP contribution in [0, 0.1) is 5.92 Å². The summed E-state index contributed by atoms with van der Waals surface area (Å²) >= 11 is 0. The summed E-state index contributed by atoms with van der Waals surface area (Å²) in [5.41, 5.74) is 2.17. The third-order valence-electron chi connectivity index (χ3n) is 2.71. The van der Waals surface area contributed by atoms with Gasteiger partial charge in [-0.25, -0.2) is 4.98 Å². The molecule has 3 nitrogen and oxygen atoms in total. The molecule has 0 radical (unpaired) electrons. The van der Waals surface area contributed by atoms with Gasteiger partial charge >= 0.3 is 0 Å². The van der Waals surface area contributed by atoms with Gasteiger partial charge in [-0.15, -0.1) is 0 Å². The van der Waals surface area contributed by atoms with Gasteiger partial charge in [-0.2, -0.15) is 0 Å². The van der Waals surface area contributed by atoms with Crippen LogP contribution in [-0.4, -0.2) is 17.1 Å². The Morgan fingerprint density at radius 3 is 2.50 bits per heavy atom. The van der Waals surface area contributed by atoms with Crippen molar-refractivity contribution in [2.45, 2.75) is 66.5 Å². The molecule has 0 spiro atoms. The van der Waals surface area contributed by atoms with Crippen LogP contribution >= 0.6 is 0 Å². The summed E-state index contributed by atoms with van der Waals surface area (Å²) in [6.45, 7) is 14.7. The van der Waals surface area contributed by atoms with E-state index in [0.717, 1.165) is 37.5 Å². The number of hydrogen-bond acceptors (Lipinski definition) is 3. The lowest BCUT2D eigenvalue weighted by molar-refractivity contribution is 0.123. The molecule has 3 heteroatoms. The van der Waals surface area contributed by atoms with Gasteiger partial charge in [-0.05, 0) is 51.3 Å². The highest BCUT2D eigenvalue weighted by Gasteiger charge is 2.14. The smallest absolute Gasteiger partial charge is 0.214 e. The molecule has 0 aliphatic rings. The topological polar surface area (TPSA) is 34.1 Å². The third kappa shape index (κ3) is 6.90. The SMILES string of the molecule is CCCc1cc(CNCC(C)C)cc(OC(C)(C)C)n1. The zero-order chi connectivity index (χ0) is 15.2. The minimum atomic E-state index is -0.208. The first-order chi connectivity index (χ1) is 9.30. The largest absolute Gasteiger partial charge is 0.472 e. The van der Waals surface area contributed by atoms with E-state index < -0.39 is 0 Å². The van der Waals surface area contributed by atoms with E-state index in [1.807, 2.05) is 0 Å². The normalized spacial score (nSPS) is 11.9. The van der Waals surface area contributed by atoms with E-state index in [2.05, 4.69) is 64.0 Å². The Bertz CT molecular complexity index is 408. The number of aromatic nitrogens is 1. The second kappa shape index (κ2) is 7.63. The fourth-order valence-electron chi connectivity index (χ4n) is 1.98. The summed E-state index contributed by atoms with van der Waals surface area (Å²) in [4.78, 5) is 4.60. The monoisotopic (exact) mass is 278 g/mol. The van der Waals surface area contributed by atoms with E-state index in [4.69, 9.17) is 4.74 Å². The van der Waals surface area contributed by atoms with Gasteiger partial charge in [0.1, 0.15) is 5.60 Å². The van der Waals surface area contributed by atoms with Crippen LogP contribution in [0.1, 0.15) is 59.2 Å². The van der Waals surface area contributed by atoms with Crippen LogP contribution in [0.15, 0.2) is 12.1 Å². The van der Waals surface area contributed by atoms with E-state index in [-0.39, 0.29) is 5.60 Å². The molecule has 1 aromatic rings. The van der Waals surface area contributed by atoms with E-state index in [1.165, 1.54) is 5.56 Å². The number of aryl methyl sites for hydroxylation is 1. The predicted octanol–water partition coefficient (Wildman–Crippen LogP) is 3.96. The maximum Gasteiger partial charge on any atom is 0.214 e. The van der Waals surface area contributed by atoms with Gasteiger partial charge in [0.2, 0.25) is 5.88 Å². The first kappa shape index (κ1) is 17.0. The van der Waals surface area contributed by atoms with Crippen LogP contribution in [0.4, 0.5) is 0 Å². The fourth-order valence-corrected chi connectivity index (χ4v) is 1.98. The van der Waals surface area contributed by atoms with Crippen molar-refractivity contribution < 1.29 is 4.74 Å². The summed E-state index contributed by atoms with van der Waals surface area (Å²) in [5, 5.41) is 3.48. The quantitative estimate of drug-likeness (QED) is 0.820. The highest BCUT2D eigenvalue weighted by Crippen LogP contribution is 2.19. The van der Waals surface area contributed by atoms with Crippen LogP contribution in [0.5, 0.6) is 5.88 Å². The second-order valence-corrected chi connectivity index (χ2v) is 6.79. The van der Waals surface area contributed by atoms with Crippen molar-refractivity contribution in [2.24, 2.45) is 5.92 Å². The van der Waals surface area contributed by atoms with Crippen molar-refractivity contribution in [3.05, 3.63) is 23.4 Å². The Morgan fingerprint density at radius 2 is 1.95 bits per heavy atom. The highest BCUT2D eigenvalue weighted by atomic mass is 16.5. The Balaban J connectivity index is 2.81.